The fourth-order valence-electron chi connectivity index (χ4n) is 8.27. The molecule has 2 heteroatoms. The number of fused-ring (bicyclic) bond motifs is 4. The second kappa shape index (κ2) is 13.4. The van der Waals surface area contributed by atoms with E-state index in [2.05, 4.69) is 228 Å². The molecular formula is C52H36N2. The van der Waals surface area contributed by atoms with Crippen molar-refractivity contribution in [3.63, 3.8) is 0 Å². The Morgan fingerprint density at radius 2 is 0.815 bits per heavy atom. The minimum atomic E-state index is 1.11. The van der Waals surface area contributed by atoms with Crippen LogP contribution in [0, 0.1) is 0 Å². The standard InChI is InChI=1S/C52H36N2/c1-4-19-37(20-5-1)41-27-12-13-29-44(41)51-43(39-21-6-2-7-22-39)31-17-34-48(51)54(46-33-16-24-38-23-10-11-28-42(38)46)50-36-18-35-49-52(50)45-30-14-15-32-47(45)53(49)40-25-8-3-9-26-40/h1-36H. The molecule has 0 N–H and O–H groups in total. The Balaban J connectivity index is 1.37. The normalized spacial score (nSPS) is 11.3. The van der Waals surface area contributed by atoms with Crippen molar-refractivity contribution in [2.45, 2.75) is 0 Å². The highest BCUT2D eigenvalue weighted by atomic mass is 15.2. The quantitative estimate of drug-likeness (QED) is 0.162. The van der Waals surface area contributed by atoms with Gasteiger partial charge in [0.05, 0.1) is 28.1 Å². The fraction of sp³-hybridized carbons (Fsp3) is 0. The van der Waals surface area contributed by atoms with Crippen LogP contribution in [-0.2, 0) is 0 Å². The monoisotopic (exact) mass is 688 g/mol. The van der Waals surface area contributed by atoms with E-state index in [0.717, 1.165) is 28.3 Å². The van der Waals surface area contributed by atoms with E-state index in [-0.39, 0.29) is 0 Å². The lowest BCUT2D eigenvalue weighted by molar-refractivity contribution is 1.18. The maximum Gasteiger partial charge on any atom is 0.0562 e. The molecule has 0 aliphatic heterocycles. The Bertz CT molecular complexity index is 2920. The molecule has 2 nitrogen and oxygen atoms in total. The van der Waals surface area contributed by atoms with E-state index < -0.39 is 0 Å². The summed E-state index contributed by atoms with van der Waals surface area (Å²) >= 11 is 0. The minimum Gasteiger partial charge on any atom is -0.309 e. The van der Waals surface area contributed by atoms with E-state index in [1.165, 1.54) is 60.4 Å². The Morgan fingerprint density at radius 3 is 1.59 bits per heavy atom. The molecule has 0 saturated heterocycles. The first kappa shape index (κ1) is 31.6. The zero-order valence-electron chi connectivity index (χ0n) is 29.7. The molecule has 54 heavy (non-hydrogen) atoms. The molecular weight excluding hydrogens is 653 g/mol. The molecule has 1 aromatic heterocycles. The van der Waals surface area contributed by atoms with Gasteiger partial charge in [0.1, 0.15) is 0 Å². The summed E-state index contributed by atoms with van der Waals surface area (Å²) in [4.78, 5) is 2.52. The number of hydrogen-bond donors (Lipinski definition) is 0. The van der Waals surface area contributed by atoms with Gasteiger partial charge in [0.15, 0.2) is 0 Å². The number of rotatable bonds is 7. The summed E-state index contributed by atoms with van der Waals surface area (Å²) < 4.78 is 2.40. The maximum absolute atomic E-state index is 2.52. The van der Waals surface area contributed by atoms with Crippen LogP contribution in [0.5, 0.6) is 0 Å². The summed E-state index contributed by atoms with van der Waals surface area (Å²) in [5, 5.41) is 4.81. The highest BCUT2D eigenvalue weighted by Gasteiger charge is 2.26. The van der Waals surface area contributed by atoms with Crippen LogP contribution in [0.1, 0.15) is 0 Å². The molecule has 0 atom stereocenters. The first-order chi connectivity index (χ1) is 26.8. The zero-order valence-corrected chi connectivity index (χ0v) is 29.7. The van der Waals surface area contributed by atoms with Crippen LogP contribution >= 0.6 is 0 Å². The van der Waals surface area contributed by atoms with E-state index in [1.807, 2.05) is 0 Å². The third-order valence-electron chi connectivity index (χ3n) is 10.6. The van der Waals surface area contributed by atoms with Crippen LogP contribution in [-0.4, -0.2) is 4.57 Å². The molecule has 0 aliphatic rings. The number of nitrogens with zero attached hydrogens (tertiary/aromatic N) is 2. The van der Waals surface area contributed by atoms with Crippen LogP contribution in [0.4, 0.5) is 17.1 Å². The lowest BCUT2D eigenvalue weighted by Crippen LogP contribution is -2.13. The molecule has 10 rings (SSSR count). The van der Waals surface area contributed by atoms with E-state index in [1.54, 1.807) is 0 Å². The van der Waals surface area contributed by atoms with Crippen molar-refractivity contribution in [2.75, 3.05) is 4.90 Å². The largest absolute Gasteiger partial charge is 0.309 e. The van der Waals surface area contributed by atoms with Gasteiger partial charge in [-0.25, -0.2) is 0 Å². The van der Waals surface area contributed by atoms with Gasteiger partial charge in [-0.2, -0.15) is 0 Å². The third-order valence-corrected chi connectivity index (χ3v) is 10.6. The molecule has 9 aromatic carbocycles. The van der Waals surface area contributed by atoms with Gasteiger partial charge in [0, 0.05) is 27.4 Å². The number of anilines is 3. The average molecular weight is 689 g/mol. The second-order valence-corrected chi connectivity index (χ2v) is 13.7. The summed E-state index contributed by atoms with van der Waals surface area (Å²) in [6.45, 7) is 0. The van der Waals surface area contributed by atoms with Crippen molar-refractivity contribution >= 4 is 49.6 Å². The summed E-state index contributed by atoms with van der Waals surface area (Å²) in [5.74, 6) is 0. The number of para-hydroxylation sites is 2. The molecule has 0 saturated carbocycles. The van der Waals surface area contributed by atoms with E-state index in [0.29, 0.717) is 0 Å². The van der Waals surface area contributed by atoms with Crippen molar-refractivity contribution in [1.82, 2.24) is 4.57 Å². The number of benzene rings is 9. The molecule has 10 aromatic rings. The van der Waals surface area contributed by atoms with Gasteiger partial charge in [0.25, 0.3) is 0 Å². The second-order valence-electron chi connectivity index (χ2n) is 13.7. The molecule has 0 aliphatic carbocycles. The smallest absolute Gasteiger partial charge is 0.0562 e. The van der Waals surface area contributed by atoms with Gasteiger partial charge in [-0.3, -0.25) is 0 Å². The summed E-state index contributed by atoms with van der Waals surface area (Å²) in [5.41, 5.74) is 13.9. The van der Waals surface area contributed by atoms with Crippen LogP contribution in [0.2, 0.25) is 0 Å². The predicted octanol–water partition coefficient (Wildman–Crippen LogP) is 14.4. The van der Waals surface area contributed by atoms with Crippen molar-refractivity contribution in [1.29, 1.82) is 0 Å². The molecule has 0 spiro atoms. The van der Waals surface area contributed by atoms with Gasteiger partial charge in [0.2, 0.25) is 0 Å². The number of aromatic nitrogens is 1. The minimum absolute atomic E-state index is 1.11. The summed E-state index contributed by atoms with van der Waals surface area (Å²) in [6.07, 6.45) is 0. The number of hydrogen-bond acceptors (Lipinski definition) is 1. The fourth-order valence-corrected chi connectivity index (χ4v) is 8.27. The Labute approximate surface area is 315 Å². The molecule has 0 fully saturated rings. The van der Waals surface area contributed by atoms with Crippen LogP contribution < -0.4 is 4.90 Å². The van der Waals surface area contributed by atoms with E-state index >= 15 is 0 Å². The Kier molecular flexibility index (Phi) is 7.85. The topological polar surface area (TPSA) is 8.17 Å². The highest BCUT2D eigenvalue weighted by molar-refractivity contribution is 6.18. The van der Waals surface area contributed by atoms with Crippen molar-refractivity contribution in [3.05, 3.63) is 218 Å². The first-order valence-electron chi connectivity index (χ1n) is 18.5. The Morgan fingerprint density at radius 1 is 0.315 bits per heavy atom. The Hall–Kier alpha value is -7.16. The molecule has 1 heterocycles. The molecule has 0 unspecified atom stereocenters. The van der Waals surface area contributed by atoms with Crippen molar-refractivity contribution < 1.29 is 0 Å². The van der Waals surface area contributed by atoms with Crippen LogP contribution in [0.25, 0.3) is 71.6 Å². The highest BCUT2D eigenvalue weighted by Crippen LogP contribution is 2.51. The van der Waals surface area contributed by atoms with E-state index in [4.69, 9.17) is 0 Å². The summed E-state index contributed by atoms with van der Waals surface area (Å²) in [7, 11) is 0. The third kappa shape index (κ3) is 5.27. The summed E-state index contributed by atoms with van der Waals surface area (Å²) in [6, 6.07) is 79.0. The van der Waals surface area contributed by atoms with Crippen molar-refractivity contribution in [2.24, 2.45) is 0 Å². The zero-order chi connectivity index (χ0) is 35.8. The van der Waals surface area contributed by atoms with Crippen LogP contribution in [0.3, 0.4) is 0 Å². The lowest BCUT2D eigenvalue weighted by Gasteiger charge is -2.31. The lowest BCUT2D eigenvalue weighted by atomic mass is 9.87. The molecule has 0 radical (unpaired) electrons. The predicted molar refractivity (Wildman–Crippen MR) is 229 cm³/mol. The first-order valence-corrected chi connectivity index (χ1v) is 18.5. The van der Waals surface area contributed by atoms with E-state index in [9.17, 15) is 0 Å². The van der Waals surface area contributed by atoms with Gasteiger partial charge < -0.3 is 9.47 Å². The maximum atomic E-state index is 2.52. The van der Waals surface area contributed by atoms with Gasteiger partial charge in [-0.1, -0.05) is 176 Å². The molecule has 0 bridgehead atoms. The van der Waals surface area contributed by atoms with Crippen molar-refractivity contribution in [3.8, 4) is 39.1 Å². The SMILES string of the molecule is c1ccc(-c2ccccc2-c2c(-c3ccccc3)cccc2N(c2cccc3ccccc23)c2cccc3c2c2ccccc2n3-c2ccccc2)cc1. The van der Waals surface area contributed by atoms with Gasteiger partial charge in [-0.05, 0) is 75.7 Å². The average Bonchev–Trinajstić information content (AvgIpc) is 3.60. The van der Waals surface area contributed by atoms with Crippen LogP contribution in [0.15, 0.2) is 218 Å². The molecule has 0 amide bonds. The van der Waals surface area contributed by atoms with Gasteiger partial charge in [-0.15, -0.1) is 0 Å². The molecule has 254 valence electrons. The van der Waals surface area contributed by atoms with Gasteiger partial charge >= 0.3 is 0 Å².